The summed E-state index contributed by atoms with van der Waals surface area (Å²) in [5, 5.41) is 9.94. The lowest BCUT2D eigenvalue weighted by Gasteiger charge is -2.61. The molecule has 0 saturated heterocycles. The third kappa shape index (κ3) is 4.68. The molecular weight excluding hydrogens is 414 g/mol. The van der Waals surface area contributed by atoms with Crippen LogP contribution in [-0.2, 0) is 14.3 Å². The van der Waals surface area contributed by atoms with Crippen LogP contribution in [0.4, 0.5) is 0 Å². The first-order chi connectivity index (χ1) is 15.6. The van der Waals surface area contributed by atoms with Crippen LogP contribution in [0.3, 0.4) is 0 Å². The predicted molar refractivity (Wildman–Crippen MR) is 130 cm³/mol. The molecule has 4 N–H and O–H groups in total. The van der Waals surface area contributed by atoms with Crippen molar-refractivity contribution in [2.75, 3.05) is 6.54 Å². The van der Waals surface area contributed by atoms with Gasteiger partial charge in [-0.2, -0.15) is 0 Å². The van der Waals surface area contributed by atoms with Crippen molar-refractivity contribution in [1.29, 1.82) is 5.41 Å². The largest absolute Gasteiger partial charge is 0.462 e. The Hall–Kier alpha value is -1.59. The number of nitrogens with two attached hydrogens (primary N) is 1. The topological polar surface area (TPSA) is 105 Å². The average molecular weight is 460 g/mol. The first-order valence-electron chi connectivity index (χ1n) is 13.4. The molecule has 186 valence electrons. The van der Waals surface area contributed by atoms with Crippen molar-refractivity contribution in [3.63, 3.8) is 0 Å². The maximum absolute atomic E-state index is 12.4. The van der Waals surface area contributed by atoms with E-state index in [9.17, 15) is 9.59 Å². The Kier molecular flexibility index (Phi) is 7.12. The van der Waals surface area contributed by atoms with E-state index < -0.39 is 0 Å². The molecule has 8 atom stereocenters. The van der Waals surface area contributed by atoms with Crippen LogP contribution in [0.25, 0.3) is 0 Å². The second-order valence-electron chi connectivity index (χ2n) is 12.1. The lowest BCUT2D eigenvalue weighted by molar-refractivity contribution is -0.163. The summed E-state index contributed by atoms with van der Waals surface area (Å²) < 4.78 is 5.91. The third-order valence-electron chi connectivity index (χ3n) is 10.5. The van der Waals surface area contributed by atoms with Gasteiger partial charge in [-0.25, -0.2) is 0 Å². The number of carbonyl (C=O) groups is 2. The molecule has 4 rings (SSSR count). The number of rotatable bonds is 7. The molecule has 0 unspecified atom stereocenters. The van der Waals surface area contributed by atoms with Gasteiger partial charge in [0.2, 0.25) is 0 Å². The molecule has 0 aromatic rings. The molecule has 0 aromatic heterocycles. The zero-order valence-electron chi connectivity index (χ0n) is 21.0. The normalized spacial score (nSPS) is 41.9. The number of carbonyl (C=O) groups excluding carboxylic acids is 2. The van der Waals surface area contributed by atoms with Crippen LogP contribution >= 0.6 is 0 Å². The molecule has 4 aliphatic rings. The minimum atomic E-state index is -0.0743. The van der Waals surface area contributed by atoms with Crippen molar-refractivity contribution in [1.82, 2.24) is 5.32 Å². The van der Waals surface area contributed by atoms with Gasteiger partial charge in [-0.3, -0.25) is 15.0 Å². The van der Waals surface area contributed by atoms with Crippen LogP contribution in [0.2, 0.25) is 0 Å². The zero-order valence-corrected chi connectivity index (χ0v) is 21.0. The Morgan fingerprint density at radius 1 is 1.00 bits per heavy atom. The lowest BCUT2D eigenvalue weighted by Crippen LogP contribution is -2.54. The van der Waals surface area contributed by atoms with Crippen LogP contribution in [0.15, 0.2) is 0 Å². The van der Waals surface area contributed by atoms with E-state index in [0.717, 1.165) is 49.9 Å². The predicted octanol–water partition coefficient (Wildman–Crippen LogP) is 4.80. The van der Waals surface area contributed by atoms with E-state index in [-0.39, 0.29) is 29.4 Å². The zero-order chi connectivity index (χ0) is 23.8. The SMILES string of the molecule is CC(=O)[C@H]1CC[C@H]2[C@@H]3CC[C@H]4C[C@H](OC(=O)CCCCNC(=N)N)CC[C@]4(C)[C@H]3CC[C@]12C. The fourth-order valence-corrected chi connectivity index (χ4v) is 8.86. The molecule has 0 heterocycles. The van der Waals surface area contributed by atoms with Crippen LogP contribution in [-0.4, -0.2) is 30.4 Å². The Morgan fingerprint density at radius 3 is 2.45 bits per heavy atom. The second-order valence-corrected chi connectivity index (χ2v) is 12.1. The van der Waals surface area contributed by atoms with Crippen LogP contribution < -0.4 is 11.1 Å². The molecule has 4 fully saturated rings. The second kappa shape index (κ2) is 9.58. The molecular formula is C27H45N3O3. The lowest BCUT2D eigenvalue weighted by atomic mass is 9.44. The summed E-state index contributed by atoms with van der Waals surface area (Å²) in [7, 11) is 0. The van der Waals surface area contributed by atoms with Gasteiger partial charge in [0.1, 0.15) is 11.9 Å². The fraction of sp³-hybridized carbons (Fsp3) is 0.889. The van der Waals surface area contributed by atoms with Gasteiger partial charge in [0.25, 0.3) is 0 Å². The summed E-state index contributed by atoms with van der Waals surface area (Å²) in [5.74, 6) is 3.51. The molecule has 6 nitrogen and oxygen atoms in total. The number of ketones is 1. The van der Waals surface area contributed by atoms with E-state index in [1.165, 1.54) is 38.5 Å². The monoisotopic (exact) mass is 459 g/mol. The molecule has 33 heavy (non-hydrogen) atoms. The van der Waals surface area contributed by atoms with Gasteiger partial charge in [0, 0.05) is 18.9 Å². The van der Waals surface area contributed by atoms with E-state index in [2.05, 4.69) is 19.2 Å². The summed E-state index contributed by atoms with van der Waals surface area (Å²) in [6, 6.07) is 0. The number of hydrogen-bond acceptors (Lipinski definition) is 4. The Bertz CT molecular complexity index is 770. The van der Waals surface area contributed by atoms with Crippen molar-refractivity contribution in [2.45, 2.75) is 104 Å². The number of ether oxygens (including phenoxy) is 1. The van der Waals surface area contributed by atoms with Crippen LogP contribution in [0, 0.1) is 45.8 Å². The van der Waals surface area contributed by atoms with Gasteiger partial charge < -0.3 is 15.8 Å². The quantitative estimate of drug-likeness (QED) is 0.219. The molecule has 4 saturated carbocycles. The van der Waals surface area contributed by atoms with Crippen molar-refractivity contribution >= 4 is 17.7 Å². The first kappa shape index (κ1) is 24.5. The van der Waals surface area contributed by atoms with E-state index in [0.29, 0.717) is 30.1 Å². The molecule has 0 radical (unpaired) electrons. The van der Waals surface area contributed by atoms with E-state index in [1.54, 1.807) is 0 Å². The molecule has 0 amide bonds. The minimum Gasteiger partial charge on any atom is -0.462 e. The van der Waals surface area contributed by atoms with Crippen LogP contribution in [0.5, 0.6) is 0 Å². The molecule has 0 aromatic carbocycles. The van der Waals surface area contributed by atoms with Crippen molar-refractivity contribution in [3.05, 3.63) is 0 Å². The molecule has 0 aliphatic heterocycles. The smallest absolute Gasteiger partial charge is 0.306 e. The summed E-state index contributed by atoms with van der Waals surface area (Å²) in [5.41, 5.74) is 5.87. The highest BCUT2D eigenvalue weighted by Crippen LogP contribution is 2.67. The summed E-state index contributed by atoms with van der Waals surface area (Å²) in [6.45, 7) is 7.40. The number of esters is 1. The highest BCUT2D eigenvalue weighted by molar-refractivity contribution is 5.79. The number of unbranched alkanes of at least 4 members (excludes halogenated alkanes) is 1. The number of guanidine groups is 1. The van der Waals surface area contributed by atoms with Crippen molar-refractivity contribution < 1.29 is 14.3 Å². The number of fused-ring (bicyclic) bond motifs is 5. The number of nitrogens with one attached hydrogen (secondary N) is 2. The first-order valence-corrected chi connectivity index (χ1v) is 13.4. The molecule has 4 aliphatic carbocycles. The average Bonchev–Trinajstić information content (AvgIpc) is 3.11. The molecule has 6 heteroatoms. The summed E-state index contributed by atoms with van der Waals surface area (Å²) in [6.07, 6.45) is 12.6. The third-order valence-corrected chi connectivity index (χ3v) is 10.5. The van der Waals surface area contributed by atoms with Gasteiger partial charge in [-0.05, 0) is 112 Å². The minimum absolute atomic E-state index is 0.0215. The van der Waals surface area contributed by atoms with E-state index in [1.807, 2.05) is 6.92 Å². The Balaban J connectivity index is 1.31. The van der Waals surface area contributed by atoms with Gasteiger partial charge in [0.15, 0.2) is 5.96 Å². The van der Waals surface area contributed by atoms with Crippen LogP contribution in [0.1, 0.15) is 97.8 Å². The molecule has 0 bridgehead atoms. The number of hydrogen-bond donors (Lipinski definition) is 3. The van der Waals surface area contributed by atoms with E-state index >= 15 is 0 Å². The standard InChI is InChI=1S/C27H45N3O3/c1-17(31)21-9-10-22-20-8-7-18-16-19(33-24(32)6-4-5-15-30-25(28)29)11-13-26(18,2)23(20)12-14-27(21,22)3/h18-23H,4-16H2,1-3H3,(H4,28,29,30)/t18-,19+,20-,21+,22-,23-,26-,27+/m0/s1. The maximum Gasteiger partial charge on any atom is 0.306 e. The van der Waals surface area contributed by atoms with Gasteiger partial charge >= 0.3 is 5.97 Å². The van der Waals surface area contributed by atoms with E-state index in [4.69, 9.17) is 15.9 Å². The summed E-state index contributed by atoms with van der Waals surface area (Å²) >= 11 is 0. The fourth-order valence-electron chi connectivity index (χ4n) is 8.86. The highest BCUT2D eigenvalue weighted by atomic mass is 16.5. The van der Waals surface area contributed by atoms with Gasteiger partial charge in [0.05, 0.1) is 0 Å². The Morgan fingerprint density at radius 2 is 1.73 bits per heavy atom. The van der Waals surface area contributed by atoms with Crippen molar-refractivity contribution in [3.8, 4) is 0 Å². The maximum atomic E-state index is 12.4. The summed E-state index contributed by atoms with van der Waals surface area (Å²) in [4.78, 5) is 24.7. The van der Waals surface area contributed by atoms with Gasteiger partial charge in [-0.15, -0.1) is 0 Å². The molecule has 0 spiro atoms. The highest BCUT2D eigenvalue weighted by Gasteiger charge is 2.60. The van der Waals surface area contributed by atoms with Gasteiger partial charge in [-0.1, -0.05) is 13.8 Å². The van der Waals surface area contributed by atoms with Crippen molar-refractivity contribution in [2.24, 2.45) is 46.2 Å². The number of Topliss-reactive ketones (excluding diaryl/α,β-unsaturated/α-hetero) is 1. The Labute approximate surface area is 199 Å².